The zero-order chi connectivity index (χ0) is 18.3. The summed E-state index contributed by atoms with van der Waals surface area (Å²) in [6.07, 6.45) is 4.06. The van der Waals surface area contributed by atoms with Crippen LogP contribution in [0.15, 0.2) is 52.5 Å². The van der Waals surface area contributed by atoms with Gasteiger partial charge in [0.15, 0.2) is 0 Å². The highest BCUT2D eigenvalue weighted by atomic mass is 32.2. The highest BCUT2D eigenvalue weighted by Gasteiger charge is 2.43. The van der Waals surface area contributed by atoms with E-state index in [0.29, 0.717) is 0 Å². The lowest BCUT2D eigenvalue weighted by Crippen LogP contribution is -2.31. The summed E-state index contributed by atoms with van der Waals surface area (Å²) in [5.41, 5.74) is 4.56. The number of thioether (sulfide) groups is 1. The normalized spacial score (nSPS) is 21.0. The number of amides is 1. The van der Waals surface area contributed by atoms with Crippen LogP contribution in [0.25, 0.3) is 0 Å². The summed E-state index contributed by atoms with van der Waals surface area (Å²) in [7, 11) is 1.68. The van der Waals surface area contributed by atoms with Crippen LogP contribution in [0.4, 0.5) is 0 Å². The average Bonchev–Trinajstić information content (AvgIpc) is 3.08. The summed E-state index contributed by atoms with van der Waals surface area (Å²) in [6.45, 7) is 1.59. The van der Waals surface area contributed by atoms with Crippen molar-refractivity contribution in [3.63, 3.8) is 0 Å². The summed E-state index contributed by atoms with van der Waals surface area (Å²) in [4.78, 5) is 13.5. The van der Waals surface area contributed by atoms with Crippen molar-refractivity contribution < 1.29 is 9.53 Å². The van der Waals surface area contributed by atoms with Gasteiger partial charge in [0.05, 0.1) is 18.9 Å². The summed E-state index contributed by atoms with van der Waals surface area (Å²) in [5.74, 6) is 1.03. The molecule has 1 heterocycles. The van der Waals surface area contributed by atoms with Gasteiger partial charge in [-0.2, -0.15) is 5.10 Å². The molecule has 0 N–H and O–H groups in total. The first-order chi connectivity index (χ1) is 12.6. The summed E-state index contributed by atoms with van der Waals surface area (Å²) in [5, 5.41) is 6.44. The summed E-state index contributed by atoms with van der Waals surface area (Å²) < 4.78 is 5.40. The Hall–Kier alpha value is -2.27. The van der Waals surface area contributed by atoms with E-state index in [1.165, 1.54) is 10.5 Å². The molecule has 2 aromatic carbocycles. The molecule has 134 valence electrons. The van der Waals surface area contributed by atoms with Gasteiger partial charge in [0, 0.05) is 23.3 Å². The van der Waals surface area contributed by atoms with E-state index in [1.54, 1.807) is 30.8 Å². The van der Waals surface area contributed by atoms with Gasteiger partial charge in [-0.3, -0.25) is 4.79 Å². The van der Waals surface area contributed by atoms with Crippen LogP contribution in [0.1, 0.15) is 36.1 Å². The first-order valence-corrected chi connectivity index (χ1v) is 10.0. The van der Waals surface area contributed by atoms with E-state index in [9.17, 15) is 4.79 Å². The largest absolute Gasteiger partial charge is 0.497 e. The van der Waals surface area contributed by atoms with Crippen LogP contribution in [0.2, 0.25) is 0 Å². The summed E-state index contributed by atoms with van der Waals surface area (Å²) >= 11 is 1.72. The van der Waals surface area contributed by atoms with Crippen molar-refractivity contribution in [1.29, 1.82) is 0 Å². The van der Waals surface area contributed by atoms with Crippen LogP contribution in [0.5, 0.6) is 5.75 Å². The first-order valence-electron chi connectivity index (χ1n) is 8.82. The number of fused-ring (bicyclic) bond motifs is 3. The maximum absolute atomic E-state index is 12.3. The number of nitrogens with zero attached hydrogens (tertiary/aromatic N) is 2. The molecule has 0 bridgehead atoms. The van der Waals surface area contributed by atoms with Gasteiger partial charge in [-0.15, -0.1) is 11.8 Å². The smallest absolute Gasteiger partial charge is 0.240 e. The second-order valence-electron chi connectivity index (χ2n) is 6.74. The SMILES string of the molecule is COc1ccc2c(c1)C1=NN(C(C)=O)[C@@H](c3ccc(SC)cc3)[C@H]1CC2. The van der Waals surface area contributed by atoms with Crippen molar-refractivity contribution in [1.82, 2.24) is 5.01 Å². The molecule has 1 aliphatic heterocycles. The zero-order valence-corrected chi connectivity index (χ0v) is 16.0. The lowest BCUT2D eigenvalue weighted by molar-refractivity contribution is -0.131. The van der Waals surface area contributed by atoms with E-state index in [1.807, 2.05) is 6.07 Å². The van der Waals surface area contributed by atoms with E-state index in [4.69, 9.17) is 9.84 Å². The Morgan fingerprint density at radius 2 is 2.00 bits per heavy atom. The van der Waals surface area contributed by atoms with Gasteiger partial charge < -0.3 is 4.74 Å². The molecule has 4 nitrogen and oxygen atoms in total. The number of carbonyl (C=O) groups excluding carboxylic acids is 1. The highest BCUT2D eigenvalue weighted by Crippen LogP contribution is 2.44. The maximum atomic E-state index is 12.3. The van der Waals surface area contributed by atoms with Crippen LogP contribution in [0, 0.1) is 5.92 Å². The first kappa shape index (κ1) is 17.2. The Bertz CT molecular complexity index is 876. The third-order valence-corrected chi connectivity index (χ3v) is 6.05. The van der Waals surface area contributed by atoms with Crippen molar-refractivity contribution in [3.8, 4) is 5.75 Å². The molecular formula is C21H22N2O2S. The lowest BCUT2D eigenvalue weighted by atomic mass is 9.77. The molecule has 0 saturated carbocycles. The number of hydrogen-bond donors (Lipinski definition) is 0. The molecule has 0 aromatic heterocycles. The van der Waals surface area contributed by atoms with Crippen molar-refractivity contribution >= 4 is 23.4 Å². The molecule has 2 aliphatic rings. The van der Waals surface area contributed by atoms with Gasteiger partial charge in [-0.25, -0.2) is 5.01 Å². The molecule has 0 unspecified atom stereocenters. The van der Waals surface area contributed by atoms with E-state index in [-0.39, 0.29) is 17.9 Å². The zero-order valence-electron chi connectivity index (χ0n) is 15.2. The van der Waals surface area contributed by atoms with Crippen LogP contribution in [-0.4, -0.2) is 30.0 Å². The molecule has 1 aliphatic carbocycles. The number of hydrogen-bond acceptors (Lipinski definition) is 4. The number of benzene rings is 2. The molecule has 0 fully saturated rings. The lowest BCUT2D eigenvalue weighted by Gasteiger charge is -2.29. The Kier molecular flexibility index (Phi) is 4.49. The average molecular weight is 366 g/mol. The number of ether oxygens (including phenoxy) is 1. The van der Waals surface area contributed by atoms with Crippen molar-refractivity contribution in [2.24, 2.45) is 11.0 Å². The van der Waals surface area contributed by atoms with Crippen LogP contribution >= 0.6 is 11.8 Å². The number of methoxy groups -OCH3 is 1. The number of aryl methyl sites for hydroxylation is 1. The van der Waals surface area contributed by atoms with E-state index >= 15 is 0 Å². The topological polar surface area (TPSA) is 41.9 Å². The molecule has 1 amide bonds. The molecule has 4 rings (SSSR count). The Labute approximate surface area is 158 Å². The number of hydrazone groups is 1. The fourth-order valence-corrected chi connectivity index (χ4v) is 4.42. The quantitative estimate of drug-likeness (QED) is 0.761. The van der Waals surface area contributed by atoms with Crippen LogP contribution in [0.3, 0.4) is 0 Å². The number of carbonyl (C=O) groups is 1. The van der Waals surface area contributed by atoms with Crippen LogP contribution in [-0.2, 0) is 11.2 Å². The standard InChI is InChI=1S/C21H22N2O2S/c1-13(24)23-21(15-5-9-17(26-3)10-6-15)18-11-7-14-4-8-16(25-2)12-19(14)20(18)22-23/h4-6,8-10,12,18,21H,7,11H2,1-3H3/t18-,21-/m0/s1. The predicted molar refractivity (Wildman–Crippen MR) is 105 cm³/mol. The minimum Gasteiger partial charge on any atom is -0.497 e. The minimum absolute atomic E-state index is 0.0183. The minimum atomic E-state index is -0.0299. The maximum Gasteiger partial charge on any atom is 0.240 e. The second kappa shape index (κ2) is 6.80. The molecule has 2 atom stereocenters. The van der Waals surface area contributed by atoms with Crippen molar-refractivity contribution in [2.75, 3.05) is 13.4 Å². The Balaban J connectivity index is 1.77. The highest BCUT2D eigenvalue weighted by molar-refractivity contribution is 7.98. The molecule has 5 heteroatoms. The Morgan fingerprint density at radius 1 is 1.23 bits per heavy atom. The monoisotopic (exact) mass is 366 g/mol. The van der Waals surface area contributed by atoms with Gasteiger partial charge in [0.2, 0.25) is 5.91 Å². The van der Waals surface area contributed by atoms with Gasteiger partial charge in [-0.1, -0.05) is 18.2 Å². The molecule has 0 saturated heterocycles. The Morgan fingerprint density at radius 3 is 2.65 bits per heavy atom. The van der Waals surface area contributed by atoms with E-state index in [0.717, 1.165) is 35.4 Å². The fourth-order valence-electron chi connectivity index (χ4n) is 4.01. The van der Waals surface area contributed by atoms with Gasteiger partial charge >= 0.3 is 0 Å². The molecular weight excluding hydrogens is 344 g/mol. The number of rotatable bonds is 3. The van der Waals surface area contributed by atoms with E-state index in [2.05, 4.69) is 42.7 Å². The third kappa shape index (κ3) is 2.80. The van der Waals surface area contributed by atoms with E-state index < -0.39 is 0 Å². The molecule has 0 spiro atoms. The van der Waals surface area contributed by atoms with Crippen molar-refractivity contribution in [3.05, 3.63) is 59.2 Å². The van der Waals surface area contributed by atoms with Crippen molar-refractivity contribution in [2.45, 2.75) is 30.7 Å². The molecule has 26 heavy (non-hydrogen) atoms. The summed E-state index contributed by atoms with van der Waals surface area (Å²) in [6, 6.07) is 14.6. The second-order valence-corrected chi connectivity index (χ2v) is 7.61. The molecule has 2 aromatic rings. The predicted octanol–water partition coefficient (Wildman–Crippen LogP) is 4.29. The third-order valence-electron chi connectivity index (χ3n) is 5.31. The van der Waals surface area contributed by atoms with Crippen LogP contribution < -0.4 is 4.74 Å². The fraction of sp³-hybridized carbons (Fsp3) is 0.333. The van der Waals surface area contributed by atoms with Gasteiger partial charge in [0.1, 0.15) is 5.75 Å². The molecule has 0 radical (unpaired) electrons. The van der Waals surface area contributed by atoms with Gasteiger partial charge in [0.25, 0.3) is 0 Å². The van der Waals surface area contributed by atoms with Gasteiger partial charge in [-0.05, 0) is 54.5 Å².